The average Bonchev–Trinajstić information content (AvgIpc) is 3.69. The molecule has 9 aromatic rings. The van der Waals surface area contributed by atoms with Crippen molar-refractivity contribution in [3.05, 3.63) is 139 Å². The summed E-state index contributed by atoms with van der Waals surface area (Å²) in [6.45, 7) is 0. The Morgan fingerprint density at radius 2 is 0.980 bits per heavy atom. The van der Waals surface area contributed by atoms with E-state index in [2.05, 4.69) is 4.57 Å². The molecule has 0 unspecified atom stereocenters. The summed E-state index contributed by atoms with van der Waals surface area (Å²) in [6, 6.07) is 37.9. The Hall–Kier alpha value is -5.76. The minimum absolute atomic E-state index is 0.194. The van der Waals surface area contributed by atoms with Gasteiger partial charge in [0.2, 0.25) is 0 Å². The summed E-state index contributed by atoms with van der Waals surface area (Å²) in [4.78, 5) is 0. The van der Waals surface area contributed by atoms with Gasteiger partial charge in [0.15, 0.2) is 5.58 Å². The fourth-order valence-corrected chi connectivity index (χ4v) is 7.85. The van der Waals surface area contributed by atoms with Crippen molar-refractivity contribution in [3.63, 3.8) is 0 Å². The number of fused-ring (bicyclic) bond motifs is 12. The summed E-state index contributed by atoms with van der Waals surface area (Å²) in [6.07, 6.45) is 0. The molecular formula is C41H21F6NO. The van der Waals surface area contributed by atoms with E-state index in [9.17, 15) is 8.78 Å². The summed E-state index contributed by atoms with van der Waals surface area (Å²) in [7, 11) is 0. The SMILES string of the molecule is FC1(F)c2c(c3ccc(-c4ccc5c(c4)c4ccccc4n5-c4cccc5c4oc4ccccc45)cc3c3ccccc23)C(F)(F)C1(F)F. The van der Waals surface area contributed by atoms with E-state index in [4.69, 9.17) is 4.42 Å². The molecule has 1 aliphatic rings. The highest BCUT2D eigenvalue weighted by Gasteiger charge is 2.79. The van der Waals surface area contributed by atoms with Gasteiger partial charge in [-0.05, 0) is 69.1 Å². The highest BCUT2D eigenvalue weighted by atomic mass is 19.3. The van der Waals surface area contributed by atoms with Crippen LogP contribution in [-0.2, 0) is 11.8 Å². The van der Waals surface area contributed by atoms with Crippen LogP contribution in [0.3, 0.4) is 0 Å². The maximum absolute atomic E-state index is 15.3. The van der Waals surface area contributed by atoms with Crippen molar-refractivity contribution in [1.82, 2.24) is 4.57 Å². The van der Waals surface area contributed by atoms with Crippen molar-refractivity contribution in [2.75, 3.05) is 0 Å². The molecule has 0 N–H and O–H groups in total. The Morgan fingerprint density at radius 3 is 1.73 bits per heavy atom. The third-order valence-electron chi connectivity index (χ3n) is 10.1. The highest BCUT2D eigenvalue weighted by Crippen LogP contribution is 2.66. The van der Waals surface area contributed by atoms with Crippen LogP contribution in [0.4, 0.5) is 26.3 Å². The van der Waals surface area contributed by atoms with Crippen LogP contribution in [0.5, 0.6) is 0 Å². The zero-order valence-corrected chi connectivity index (χ0v) is 25.2. The quantitative estimate of drug-likeness (QED) is 0.134. The average molecular weight is 658 g/mol. The van der Waals surface area contributed by atoms with Crippen molar-refractivity contribution in [2.24, 2.45) is 0 Å². The molecule has 0 saturated heterocycles. The minimum Gasteiger partial charge on any atom is -0.454 e. The molecule has 2 nitrogen and oxygen atoms in total. The third-order valence-corrected chi connectivity index (χ3v) is 10.1. The number of furan rings is 1. The lowest BCUT2D eigenvalue weighted by Crippen LogP contribution is -2.43. The lowest BCUT2D eigenvalue weighted by Gasteiger charge is -2.23. The molecule has 0 aliphatic heterocycles. The molecule has 8 heteroatoms. The van der Waals surface area contributed by atoms with Gasteiger partial charge in [-0.15, -0.1) is 0 Å². The molecular weight excluding hydrogens is 636 g/mol. The largest absolute Gasteiger partial charge is 0.454 e. The molecule has 0 radical (unpaired) electrons. The van der Waals surface area contributed by atoms with Crippen molar-refractivity contribution >= 4 is 65.3 Å². The van der Waals surface area contributed by atoms with Crippen LogP contribution in [0.25, 0.3) is 82.1 Å². The molecule has 10 rings (SSSR count). The van der Waals surface area contributed by atoms with E-state index >= 15 is 17.6 Å². The van der Waals surface area contributed by atoms with Crippen LogP contribution in [0.15, 0.2) is 132 Å². The molecule has 0 fully saturated rings. The molecule has 0 saturated carbocycles. The first-order valence-corrected chi connectivity index (χ1v) is 15.7. The van der Waals surface area contributed by atoms with Crippen molar-refractivity contribution < 1.29 is 30.8 Å². The topological polar surface area (TPSA) is 18.1 Å². The Morgan fingerprint density at radius 1 is 0.429 bits per heavy atom. The number of para-hydroxylation sites is 3. The second kappa shape index (κ2) is 9.23. The third kappa shape index (κ3) is 3.43. The number of hydrogen-bond donors (Lipinski definition) is 0. The number of alkyl halides is 6. The number of hydrogen-bond acceptors (Lipinski definition) is 1. The van der Waals surface area contributed by atoms with E-state index in [1.807, 2.05) is 84.9 Å². The van der Waals surface area contributed by atoms with Gasteiger partial charge in [-0.25, -0.2) is 0 Å². The van der Waals surface area contributed by atoms with Crippen molar-refractivity contribution in [1.29, 1.82) is 0 Å². The second-order valence-electron chi connectivity index (χ2n) is 12.6. The number of benzene rings is 7. The molecule has 0 bridgehead atoms. The van der Waals surface area contributed by atoms with Crippen LogP contribution < -0.4 is 0 Å². The number of halogens is 6. The maximum Gasteiger partial charge on any atom is 0.380 e. The molecule has 2 aromatic heterocycles. The molecule has 0 spiro atoms. The maximum atomic E-state index is 15.3. The van der Waals surface area contributed by atoms with Gasteiger partial charge in [0.1, 0.15) is 5.58 Å². The van der Waals surface area contributed by atoms with Crippen molar-refractivity contribution in [3.8, 4) is 16.8 Å². The van der Waals surface area contributed by atoms with E-state index < -0.39 is 28.9 Å². The zero-order valence-electron chi connectivity index (χ0n) is 25.2. The first-order chi connectivity index (χ1) is 23.6. The van der Waals surface area contributed by atoms with Crippen LogP contribution >= 0.6 is 0 Å². The van der Waals surface area contributed by atoms with Gasteiger partial charge < -0.3 is 8.98 Å². The number of rotatable bonds is 2. The van der Waals surface area contributed by atoms with Gasteiger partial charge in [0.05, 0.1) is 16.7 Å². The Labute approximate surface area is 273 Å². The predicted octanol–water partition coefficient (Wildman–Crippen LogP) is 12.5. The lowest BCUT2D eigenvalue weighted by molar-refractivity contribution is -0.301. The van der Waals surface area contributed by atoms with Crippen LogP contribution in [0, 0.1) is 0 Å². The summed E-state index contributed by atoms with van der Waals surface area (Å²) >= 11 is 0. The number of nitrogens with zero attached hydrogens (tertiary/aromatic N) is 1. The lowest BCUT2D eigenvalue weighted by atomic mass is 9.89. The molecule has 49 heavy (non-hydrogen) atoms. The van der Waals surface area contributed by atoms with E-state index in [0.29, 0.717) is 5.56 Å². The molecule has 238 valence electrons. The first kappa shape index (κ1) is 28.3. The Kier molecular flexibility index (Phi) is 5.32. The highest BCUT2D eigenvalue weighted by molar-refractivity contribution is 6.15. The molecule has 0 atom stereocenters. The molecule has 0 amide bonds. The van der Waals surface area contributed by atoms with Crippen LogP contribution in [-0.4, -0.2) is 10.5 Å². The van der Waals surface area contributed by atoms with Gasteiger partial charge in [-0.1, -0.05) is 91.0 Å². The normalized spacial score (nSPS) is 16.4. The monoisotopic (exact) mass is 657 g/mol. The fourth-order valence-electron chi connectivity index (χ4n) is 7.85. The fraction of sp³-hybridized carbons (Fsp3) is 0.0732. The summed E-state index contributed by atoms with van der Waals surface area (Å²) < 4.78 is 98.8. The van der Waals surface area contributed by atoms with E-state index in [0.717, 1.165) is 55.0 Å². The summed E-state index contributed by atoms with van der Waals surface area (Å²) in [5.74, 6) is -15.7. The number of aromatic nitrogens is 1. The van der Waals surface area contributed by atoms with E-state index in [1.165, 1.54) is 30.3 Å². The van der Waals surface area contributed by atoms with Gasteiger partial charge in [0.25, 0.3) is 0 Å². The minimum atomic E-state index is -5.58. The smallest absolute Gasteiger partial charge is 0.380 e. The van der Waals surface area contributed by atoms with Crippen molar-refractivity contribution in [2.45, 2.75) is 17.8 Å². The van der Waals surface area contributed by atoms with Crippen LogP contribution in [0.1, 0.15) is 11.1 Å². The molecule has 7 aromatic carbocycles. The van der Waals surface area contributed by atoms with E-state index in [-0.39, 0.29) is 21.5 Å². The molecule has 1 aliphatic carbocycles. The predicted molar refractivity (Wildman–Crippen MR) is 181 cm³/mol. The van der Waals surface area contributed by atoms with Crippen LogP contribution in [0.2, 0.25) is 0 Å². The van der Waals surface area contributed by atoms with Gasteiger partial charge in [-0.2, -0.15) is 26.3 Å². The van der Waals surface area contributed by atoms with Gasteiger partial charge in [-0.3, -0.25) is 0 Å². The zero-order chi connectivity index (χ0) is 33.4. The summed E-state index contributed by atoms with van der Waals surface area (Å²) in [5, 5.41) is 3.65. The summed E-state index contributed by atoms with van der Waals surface area (Å²) in [5.41, 5.74) is 2.99. The second-order valence-corrected chi connectivity index (χ2v) is 12.6. The standard InChI is InChI=1S/C41H21F6NO/c42-39(43)36-27-11-2-1-8-24(27)30-20-22(16-18-28(30)37(36)40(44,45)41(39,46)47)23-17-19-33-31(21-23)25-9-3-5-13-32(25)48(33)34-14-7-12-29-26-10-4-6-15-35(26)49-38(29)34/h1-21H. The molecule has 2 heterocycles. The van der Waals surface area contributed by atoms with Gasteiger partial charge in [0, 0.05) is 32.7 Å². The Balaban J connectivity index is 1.22. The Bertz CT molecular complexity index is 2880. The van der Waals surface area contributed by atoms with Gasteiger partial charge >= 0.3 is 17.8 Å². The van der Waals surface area contributed by atoms with E-state index in [1.54, 1.807) is 12.1 Å². The first-order valence-electron chi connectivity index (χ1n) is 15.7.